The summed E-state index contributed by atoms with van der Waals surface area (Å²) < 4.78 is 15.1. The van der Waals surface area contributed by atoms with E-state index in [1.807, 2.05) is 0 Å². The Bertz CT molecular complexity index is 380. The van der Waals surface area contributed by atoms with Gasteiger partial charge in [0.1, 0.15) is 48.8 Å². The van der Waals surface area contributed by atoms with Crippen LogP contribution in [0.5, 0.6) is 0 Å². The summed E-state index contributed by atoms with van der Waals surface area (Å²) in [5.41, 5.74) is 0. The lowest BCUT2D eigenvalue weighted by molar-refractivity contribution is -0.361. The molecular weight excluding hydrogens is 320 g/mol. The summed E-state index contributed by atoms with van der Waals surface area (Å²) in [6, 6.07) is 0. The van der Waals surface area contributed by atoms with Crippen LogP contribution < -0.4 is 0 Å². The minimum atomic E-state index is -1.75. The van der Waals surface area contributed by atoms with Crippen LogP contribution in [0, 0.1) is 0 Å². The molecule has 0 aromatic carbocycles. The van der Waals surface area contributed by atoms with Crippen molar-refractivity contribution in [3.8, 4) is 0 Å². The third-order valence-electron chi connectivity index (χ3n) is 3.98. The van der Waals surface area contributed by atoms with E-state index in [9.17, 15) is 30.6 Å². The van der Waals surface area contributed by atoms with Gasteiger partial charge in [-0.25, -0.2) is 0 Å². The van der Waals surface area contributed by atoms with E-state index in [4.69, 9.17) is 24.4 Å². The van der Waals surface area contributed by atoms with Crippen LogP contribution in [0.15, 0.2) is 0 Å². The van der Waals surface area contributed by atoms with Gasteiger partial charge >= 0.3 is 0 Å². The van der Waals surface area contributed by atoms with Gasteiger partial charge in [-0.2, -0.15) is 0 Å². The van der Waals surface area contributed by atoms with Crippen molar-refractivity contribution in [2.24, 2.45) is 0 Å². The second-order valence-corrected chi connectivity index (χ2v) is 5.53. The molecule has 0 aromatic heterocycles. The summed E-state index contributed by atoms with van der Waals surface area (Å²) in [6.07, 6.45) is -15.6. The van der Waals surface area contributed by atoms with Crippen molar-refractivity contribution in [3.05, 3.63) is 0 Å². The van der Waals surface area contributed by atoms with Crippen molar-refractivity contribution in [1.82, 2.24) is 0 Å². The third kappa shape index (κ3) is 3.65. The van der Waals surface area contributed by atoms with Crippen LogP contribution in [0.3, 0.4) is 0 Å². The van der Waals surface area contributed by atoms with E-state index in [0.29, 0.717) is 0 Å². The fourth-order valence-corrected chi connectivity index (χ4v) is 2.55. The molecule has 2 aliphatic rings. The van der Waals surface area contributed by atoms with Crippen molar-refractivity contribution in [1.29, 1.82) is 0 Å². The normalized spacial score (nSPS) is 51.7. The van der Waals surface area contributed by atoms with Crippen molar-refractivity contribution in [2.75, 3.05) is 13.2 Å². The molecule has 11 heteroatoms. The van der Waals surface area contributed by atoms with Gasteiger partial charge < -0.3 is 55.1 Å². The molecule has 0 aromatic rings. The first-order valence-corrected chi connectivity index (χ1v) is 7.08. The zero-order chi connectivity index (χ0) is 17.3. The number of aliphatic hydroxyl groups is 8. The molecule has 0 bridgehead atoms. The van der Waals surface area contributed by atoms with Gasteiger partial charge in [0, 0.05) is 0 Å². The van der Waals surface area contributed by atoms with Gasteiger partial charge in [-0.3, -0.25) is 0 Å². The van der Waals surface area contributed by atoms with E-state index in [-0.39, 0.29) is 0 Å². The van der Waals surface area contributed by atoms with E-state index in [1.54, 1.807) is 0 Å². The lowest BCUT2D eigenvalue weighted by Crippen LogP contribution is -2.64. The molecule has 0 spiro atoms. The SMILES string of the molecule is OC[C@H]1O[C@@H](O[C@H]2[C@@H](O)[C@H](O)[C@@H](CO)O[C@@H]2O)[C@@H](O)[C@@H](O)[C@H]1O. The number of ether oxygens (including phenoxy) is 3. The van der Waals surface area contributed by atoms with Crippen LogP contribution in [-0.2, 0) is 14.2 Å². The second-order valence-electron chi connectivity index (χ2n) is 5.53. The highest BCUT2D eigenvalue weighted by atomic mass is 16.7. The lowest BCUT2D eigenvalue weighted by atomic mass is 9.97. The molecule has 2 heterocycles. The fourth-order valence-electron chi connectivity index (χ4n) is 2.55. The molecule has 2 aliphatic heterocycles. The zero-order valence-electron chi connectivity index (χ0n) is 12.0. The van der Waals surface area contributed by atoms with Crippen molar-refractivity contribution in [2.45, 2.75) is 61.4 Å². The summed E-state index contributed by atoms with van der Waals surface area (Å²) in [5.74, 6) is 0. The summed E-state index contributed by atoms with van der Waals surface area (Å²) in [6.45, 7) is -1.33. The average molecular weight is 342 g/mol. The monoisotopic (exact) mass is 342 g/mol. The Balaban J connectivity index is 2.08. The molecule has 0 amide bonds. The van der Waals surface area contributed by atoms with Crippen molar-refractivity contribution < 1.29 is 55.1 Å². The van der Waals surface area contributed by atoms with Crippen LogP contribution in [0.4, 0.5) is 0 Å². The molecular formula is C12H22O11. The third-order valence-corrected chi connectivity index (χ3v) is 3.98. The highest BCUT2D eigenvalue weighted by molar-refractivity contribution is 4.93. The van der Waals surface area contributed by atoms with Crippen LogP contribution in [-0.4, -0.2) is 115 Å². The van der Waals surface area contributed by atoms with Gasteiger partial charge in [-0.1, -0.05) is 0 Å². The van der Waals surface area contributed by atoms with Crippen LogP contribution in [0.2, 0.25) is 0 Å². The second kappa shape index (κ2) is 7.63. The Morgan fingerprint density at radius 2 is 1.17 bits per heavy atom. The van der Waals surface area contributed by atoms with Crippen molar-refractivity contribution >= 4 is 0 Å². The molecule has 2 saturated heterocycles. The standard InChI is InChI=1S/C12H22O11/c13-1-3-6(16)8(18)10(11(20)21-3)23-12-9(19)7(17)5(15)4(2-14)22-12/h3-20H,1-2H2/t3-,4-,5+,6-,7+,8+,9+,10+,11+,12+/m1/s1. The minimum absolute atomic E-state index is 0.651. The summed E-state index contributed by atoms with van der Waals surface area (Å²) in [5, 5.41) is 76.7. The Labute approximate surface area is 130 Å². The highest BCUT2D eigenvalue weighted by Gasteiger charge is 2.50. The quantitative estimate of drug-likeness (QED) is 0.243. The maximum Gasteiger partial charge on any atom is 0.187 e. The summed E-state index contributed by atoms with van der Waals surface area (Å²) >= 11 is 0. The fraction of sp³-hybridized carbons (Fsp3) is 1.00. The molecule has 136 valence electrons. The molecule has 0 radical (unpaired) electrons. The van der Waals surface area contributed by atoms with Crippen LogP contribution in [0.1, 0.15) is 0 Å². The number of aliphatic hydroxyl groups excluding tert-OH is 8. The van der Waals surface area contributed by atoms with Gasteiger partial charge in [0.15, 0.2) is 12.6 Å². The molecule has 0 aliphatic carbocycles. The largest absolute Gasteiger partial charge is 0.394 e. The number of hydrogen-bond donors (Lipinski definition) is 8. The van der Waals surface area contributed by atoms with E-state index in [2.05, 4.69) is 0 Å². The summed E-state index contributed by atoms with van der Waals surface area (Å²) in [4.78, 5) is 0. The predicted octanol–water partition coefficient (Wildman–Crippen LogP) is -5.40. The van der Waals surface area contributed by atoms with E-state index < -0.39 is 74.6 Å². The van der Waals surface area contributed by atoms with E-state index in [1.165, 1.54) is 0 Å². The molecule has 10 atom stereocenters. The highest BCUT2D eigenvalue weighted by Crippen LogP contribution is 2.28. The van der Waals surface area contributed by atoms with Crippen LogP contribution >= 0.6 is 0 Å². The Morgan fingerprint density at radius 3 is 1.74 bits per heavy atom. The van der Waals surface area contributed by atoms with Gasteiger partial charge in [0.05, 0.1) is 13.2 Å². The first-order chi connectivity index (χ1) is 10.8. The van der Waals surface area contributed by atoms with Gasteiger partial charge in [0.2, 0.25) is 0 Å². The Morgan fingerprint density at radius 1 is 0.652 bits per heavy atom. The molecule has 0 saturated carbocycles. The maximum absolute atomic E-state index is 9.94. The predicted molar refractivity (Wildman–Crippen MR) is 68.6 cm³/mol. The Hall–Kier alpha value is -0.440. The number of rotatable bonds is 4. The smallest absolute Gasteiger partial charge is 0.187 e. The van der Waals surface area contributed by atoms with Gasteiger partial charge in [-0.05, 0) is 0 Å². The minimum Gasteiger partial charge on any atom is -0.394 e. The molecule has 2 rings (SSSR count). The first-order valence-electron chi connectivity index (χ1n) is 7.08. The van der Waals surface area contributed by atoms with Gasteiger partial charge in [0.25, 0.3) is 0 Å². The molecule has 23 heavy (non-hydrogen) atoms. The average Bonchev–Trinajstić information content (AvgIpc) is 2.54. The first kappa shape index (κ1) is 18.9. The Kier molecular flexibility index (Phi) is 6.27. The van der Waals surface area contributed by atoms with E-state index in [0.717, 1.165) is 0 Å². The van der Waals surface area contributed by atoms with Crippen LogP contribution in [0.25, 0.3) is 0 Å². The molecule has 0 unspecified atom stereocenters. The molecule has 8 N–H and O–H groups in total. The number of hydrogen-bond acceptors (Lipinski definition) is 11. The summed E-state index contributed by atoms with van der Waals surface area (Å²) in [7, 11) is 0. The molecule has 11 nitrogen and oxygen atoms in total. The maximum atomic E-state index is 9.94. The topological polar surface area (TPSA) is 190 Å². The van der Waals surface area contributed by atoms with E-state index >= 15 is 0 Å². The van der Waals surface area contributed by atoms with Crippen molar-refractivity contribution in [3.63, 3.8) is 0 Å². The molecule has 2 fully saturated rings. The lowest BCUT2D eigenvalue weighted by Gasteiger charge is -2.44. The van der Waals surface area contributed by atoms with Gasteiger partial charge in [-0.15, -0.1) is 0 Å². The zero-order valence-corrected chi connectivity index (χ0v) is 12.0.